The maximum Gasteiger partial charge on any atom is 0.189 e. The lowest BCUT2D eigenvalue weighted by Crippen LogP contribution is -2.09. The van der Waals surface area contributed by atoms with Crippen LogP contribution in [0, 0.1) is 0 Å². The van der Waals surface area contributed by atoms with Gasteiger partial charge in [0.25, 0.3) is 0 Å². The van der Waals surface area contributed by atoms with Crippen molar-refractivity contribution in [3.05, 3.63) is 16.8 Å². The van der Waals surface area contributed by atoms with E-state index in [1.165, 1.54) is 28.6 Å². The summed E-state index contributed by atoms with van der Waals surface area (Å²) < 4.78 is 6.28. The zero-order valence-electron chi connectivity index (χ0n) is 15.7. The smallest absolute Gasteiger partial charge is 0.189 e. The summed E-state index contributed by atoms with van der Waals surface area (Å²) in [5, 5.41) is 5.48. The molecule has 0 saturated carbocycles. The molecule has 1 aliphatic rings. The third-order valence-corrected chi connectivity index (χ3v) is 6.50. The van der Waals surface area contributed by atoms with E-state index in [1.807, 2.05) is 6.26 Å². The number of aryl methyl sites for hydroxylation is 1. The van der Waals surface area contributed by atoms with Gasteiger partial charge in [-0.3, -0.25) is 0 Å². The minimum absolute atomic E-state index is 0.448. The van der Waals surface area contributed by atoms with Gasteiger partial charge in [0.15, 0.2) is 5.16 Å². The molecular formula is C19H24N4OS2. The average molecular weight is 389 g/mol. The quantitative estimate of drug-likeness (QED) is 0.377. The van der Waals surface area contributed by atoms with Gasteiger partial charge in [-0.15, -0.1) is 11.3 Å². The predicted octanol–water partition coefficient (Wildman–Crippen LogP) is 4.63. The van der Waals surface area contributed by atoms with Gasteiger partial charge in [-0.2, -0.15) is 0 Å². The van der Waals surface area contributed by atoms with Crippen LogP contribution in [0.2, 0.25) is 0 Å². The highest BCUT2D eigenvalue weighted by Gasteiger charge is 2.25. The molecule has 3 heterocycles. The predicted molar refractivity (Wildman–Crippen MR) is 111 cm³/mol. The summed E-state index contributed by atoms with van der Waals surface area (Å²) in [6, 6.07) is 0. The van der Waals surface area contributed by atoms with E-state index in [0.29, 0.717) is 12.5 Å². The van der Waals surface area contributed by atoms with E-state index in [9.17, 15) is 0 Å². The van der Waals surface area contributed by atoms with Crippen molar-refractivity contribution in [2.75, 3.05) is 31.8 Å². The number of rotatable bonds is 6. The number of anilines is 1. The molecule has 5 nitrogen and oxygen atoms in total. The van der Waals surface area contributed by atoms with E-state index >= 15 is 0 Å². The molecule has 0 radical (unpaired) electrons. The lowest BCUT2D eigenvalue weighted by molar-refractivity contribution is 0.210. The van der Waals surface area contributed by atoms with Crippen LogP contribution in [-0.2, 0) is 17.6 Å². The Morgan fingerprint density at radius 1 is 1.19 bits per heavy atom. The SMILES string of the molecule is COCCNc1nc(SC)nc2c1sc1nc(C(C)C)c3c(c12)CCC3. The summed E-state index contributed by atoms with van der Waals surface area (Å²) in [7, 11) is 1.71. The molecule has 3 aromatic heterocycles. The van der Waals surface area contributed by atoms with Crippen LogP contribution < -0.4 is 5.32 Å². The largest absolute Gasteiger partial charge is 0.383 e. The van der Waals surface area contributed by atoms with Crippen molar-refractivity contribution in [1.82, 2.24) is 15.0 Å². The number of pyridine rings is 1. The van der Waals surface area contributed by atoms with Gasteiger partial charge in [0.05, 0.1) is 16.8 Å². The van der Waals surface area contributed by atoms with Crippen molar-refractivity contribution in [3.63, 3.8) is 0 Å². The summed E-state index contributed by atoms with van der Waals surface area (Å²) in [6.07, 6.45) is 5.51. The highest BCUT2D eigenvalue weighted by Crippen LogP contribution is 2.43. The van der Waals surface area contributed by atoms with Crippen LogP contribution in [0.5, 0.6) is 0 Å². The van der Waals surface area contributed by atoms with E-state index in [2.05, 4.69) is 19.2 Å². The van der Waals surface area contributed by atoms with Gasteiger partial charge in [0.1, 0.15) is 10.6 Å². The van der Waals surface area contributed by atoms with Gasteiger partial charge in [-0.25, -0.2) is 15.0 Å². The van der Waals surface area contributed by atoms with Crippen molar-refractivity contribution < 1.29 is 4.74 Å². The fraction of sp³-hybridized carbons (Fsp3) is 0.526. The third kappa shape index (κ3) is 2.96. The monoisotopic (exact) mass is 388 g/mol. The highest BCUT2D eigenvalue weighted by molar-refractivity contribution is 7.98. The molecule has 0 unspecified atom stereocenters. The maximum absolute atomic E-state index is 5.17. The molecular weight excluding hydrogens is 364 g/mol. The molecule has 0 bridgehead atoms. The van der Waals surface area contributed by atoms with Crippen LogP contribution in [-0.4, -0.2) is 41.5 Å². The Balaban J connectivity index is 1.98. The second kappa shape index (κ2) is 7.29. The van der Waals surface area contributed by atoms with Gasteiger partial charge in [0, 0.05) is 24.7 Å². The highest BCUT2D eigenvalue weighted by atomic mass is 32.2. The van der Waals surface area contributed by atoms with Crippen molar-refractivity contribution in [2.45, 2.75) is 44.2 Å². The molecule has 4 rings (SSSR count). The van der Waals surface area contributed by atoms with Crippen molar-refractivity contribution in [3.8, 4) is 0 Å². The molecule has 0 fully saturated rings. The molecule has 7 heteroatoms. The topological polar surface area (TPSA) is 59.9 Å². The van der Waals surface area contributed by atoms with Gasteiger partial charge < -0.3 is 10.1 Å². The van der Waals surface area contributed by atoms with Crippen LogP contribution in [0.4, 0.5) is 5.82 Å². The Kier molecular flexibility index (Phi) is 5.03. The van der Waals surface area contributed by atoms with E-state index in [1.54, 1.807) is 30.2 Å². The van der Waals surface area contributed by atoms with Crippen LogP contribution in [0.15, 0.2) is 5.16 Å². The second-order valence-corrected chi connectivity index (χ2v) is 8.67. The fourth-order valence-corrected chi connectivity index (χ4v) is 5.22. The van der Waals surface area contributed by atoms with Crippen LogP contribution in [0.25, 0.3) is 20.4 Å². The van der Waals surface area contributed by atoms with Gasteiger partial charge >= 0.3 is 0 Å². The molecule has 0 aliphatic heterocycles. The van der Waals surface area contributed by atoms with Crippen LogP contribution in [0.1, 0.15) is 43.0 Å². The lowest BCUT2D eigenvalue weighted by atomic mass is 9.99. The summed E-state index contributed by atoms with van der Waals surface area (Å²) in [5.74, 6) is 1.35. The number of thiophene rings is 1. The van der Waals surface area contributed by atoms with Crippen LogP contribution in [0.3, 0.4) is 0 Å². The number of thioether (sulfide) groups is 1. The molecule has 0 aromatic carbocycles. The normalized spacial score (nSPS) is 13.9. The third-order valence-electron chi connectivity index (χ3n) is 4.87. The van der Waals surface area contributed by atoms with Crippen molar-refractivity contribution in [1.29, 1.82) is 0 Å². The molecule has 138 valence electrons. The van der Waals surface area contributed by atoms with Gasteiger partial charge in [-0.1, -0.05) is 25.6 Å². The first kappa shape index (κ1) is 17.9. The molecule has 0 saturated heterocycles. The Labute approximate surface area is 162 Å². The molecule has 26 heavy (non-hydrogen) atoms. The number of hydrogen-bond acceptors (Lipinski definition) is 7. The number of nitrogens with zero attached hydrogens (tertiary/aromatic N) is 3. The van der Waals surface area contributed by atoms with Gasteiger partial charge in [-0.05, 0) is 42.6 Å². The first-order chi connectivity index (χ1) is 12.6. The van der Waals surface area contributed by atoms with E-state index in [0.717, 1.165) is 45.4 Å². The molecule has 1 N–H and O–H groups in total. The fourth-order valence-electron chi connectivity index (χ4n) is 3.74. The number of aromatic nitrogens is 3. The summed E-state index contributed by atoms with van der Waals surface area (Å²) in [4.78, 5) is 15.8. The maximum atomic E-state index is 5.17. The van der Waals surface area contributed by atoms with Gasteiger partial charge in [0.2, 0.25) is 0 Å². The zero-order chi connectivity index (χ0) is 18.3. The number of hydrogen-bond donors (Lipinski definition) is 1. The number of ether oxygens (including phenoxy) is 1. The summed E-state index contributed by atoms with van der Waals surface area (Å²) in [6.45, 7) is 5.86. The minimum atomic E-state index is 0.448. The first-order valence-electron chi connectivity index (χ1n) is 9.06. The van der Waals surface area contributed by atoms with Crippen LogP contribution >= 0.6 is 23.1 Å². The summed E-state index contributed by atoms with van der Waals surface area (Å²) in [5.41, 5.74) is 5.26. The molecule has 0 atom stereocenters. The number of nitrogens with one attached hydrogen (secondary N) is 1. The molecule has 3 aromatic rings. The van der Waals surface area contributed by atoms with E-state index in [-0.39, 0.29) is 0 Å². The first-order valence-corrected chi connectivity index (χ1v) is 11.1. The Bertz CT molecular complexity index is 967. The standard InChI is InChI=1S/C19H24N4OS2/c1-10(2)14-12-7-5-6-11(12)13-15-16(26-18(13)21-14)17(20-8-9-24-3)23-19(22-15)25-4/h10H,5-9H2,1-4H3,(H,20,22,23). The van der Waals surface area contributed by atoms with Crippen molar-refractivity contribution in [2.24, 2.45) is 0 Å². The second-order valence-electron chi connectivity index (χ2n) is 6.90. The lowest BCUT2D eigenvalue weighted by Gasteiger charge is -2.12. The number of fused-ring (bicyclic) bond motifs is 5. The molecule has 0 spiro atoms. The van der Waals surface area contributed by atoms with E-state index in [4.69, 9.17) is 19.7 Å². The minimum Gasteiger partial charge on any atom is -0.383 e. The van der Waals surface area contributed by atoms with E-state index < -0.39 is 0 Å². The zero-order valence-corrected chi connectivity index (χ0v) is 17.3. The Morgan fingerprint density at radius 3 is 2.73 bits per heavy atom. The number of methoxy groups -OCH3 is 1. The molecule has 1 aliphatic carbocycles. The summed E-state index contributed by atoms with van der Waals surface area (Å²) >= 11 is 3.30. The van der Waals surface area contributed by atoms with Crippen molar-refractivity contribution >= 4 is 49.3 Å². The average Bonchev–Trinajstić information content (AvgIpc) is 3.24. The Morgan fingerprint density at radius 2 is 2.00 bits per heavy atom. The Hall–Kier alpha value is -1.44. The molecule has 0 amide bonds.